The zero-order valence-corrected chi connectivity index (χ0v) is 15.9. The fourth-order valence-corrected chi connectivity index (χ4v) is 3.15. The number of benzene rings is 3. The van der Waals surface area contributed by atoms with E-state index in [0.717, 1.165) is 5.56 Å². The number of hydrogen-bond acceptors (Lipinski definition) is 5. The van der Waals surface area contributed by atoms with Gasteiger partial charge < -0.3 is 9.47 Å². The van der Waals surface area contributed by atoms with Gasteiger partial charge in [-0.1, -0.05) is 12.1 Å². The van der Waals surface area contributed by atoms with Crippen LogP contribution in [0, 0.1) is 22.9 Å². The first-order chi connectivity index (χ1) is 14.4. The topological polar surface area (TPSA) is 78.7 Å². The molecule has 1 aliphatic heterocycles. The molecular formula is C23H16FNO5. The molecule has 0 saturated heterocycles. The summed E-state index contributed by atoms with van der Waals surface area (Å²) in [5, 5.41) is 10.7. The summed E-state index contributed by atoms with van der Waals surface area (Å²) in [7, 11) is 0. The lowest BCUT2D eigenvalue weighted by Crippen LogP contribution is -2.00. The van der Waals surface area contributed by atoms with Gasteiger partial charge in [-0.15, -0.1) is 0 Å². The van der Waals surface area contributed by atoms with Gasteiger partial charge in [0.2, 0.25) is 5.78 Å². The molecule has 0 saturated carbocycles. The molecule has 30 heavy (non-hydrogen) atoms. The van der Waals surface area contributed by atoms with Crippen molar-refractivity contribution in [3.63, 3.8) is 0 Å². The zero-order chi connectivity index (χ0) is 21.3. The molecule has 1 aliphatic rings. The predicted molar refractivity (Wildman–Crippen MR) is 108 cm³/mol. The van der Waals surface area contributed by atoms with Crippen molar-refractivity contribution in [2.24, 2.45) is 0 Å². The van der Waals surface area contributed by atoms with E-state index in [1.54, 1.807) is 49.4 Å². The number of aryl methyl sites for hydroxylation is 1. The van der Waals surface area contributed by atoms with Crippen molar-refractivity contribution in [2.45, 2.75) is 13.5 Å². The van der Waals surface area contributed by atoms with Gasteiger partial charge in [0.25, 0.3) is 5.69 Å². The van der Waals surface area contributed by atoms with Crippen LogP contribution in [0.3, 0.4) is 0 Å². The normalized spacial score (nSPS) is 13.8. The number of nitrogens with zero attached hydrogens (tertiary/aromatic N) is 1. The van der Waals surface area contributed by atoms with Crippen LogP contribution in [-0.2, 0) is 6.61 Å². The van der Waals surface area contributed by atoms with Gasteiger partial charge in [-0.3, -0.25) is 14.9 Å². The second kappa shape index (κ2) is 7.79. The summed E-state index contributed by atoms with van der Waals surface area (Å²) in [5.41, 5.74) is 2.61. The Kier molecular flexibility index (Phi) is 5.02. The van der Waals surface area contributed by atoms with Gasteiger partial charge in [-0.2, -0.15) is 0 Å². The lowest BCUT2D eigenvalue weighted by Gasteiger charge is -2.09. The fourth-order valence-electron chi connectivity index (χ4n) is 3.15. The number of carbonyl (C=O) groups excluding carboxylic acids is 1. The maximum absolute atomic E-state index is 13.1. The molecule has 7 heteroatoms. The van der Waals surface area contributed by atoms with E-state index in [1.165, 1.54) is 24.3 Å². The second-order valence-electron chi connectivity index (χ2n) is 6.82. The largest absolute Gasteiger partial charge is 0.489 e. The summed E-state index contributed by atoms with van der Waals surface area (Å²) < 4.78 is 24.6. The molecule has 0 amide bonds. The lowest BCUT2D eigenvalue weighted by molar-refractivity contribution is -0.384. The molecule has 6 nitrogen and oxygen atoms in total. The van der Waals surface area contributed by atoms with E-state index in [0.29, 0.717) is 28.2 Å². The molecule has 3 aromatic rings. The Morgan fingerprint density at radius 2 is 1.80 bits per heavy atom. The summed E-state index contributed by atoms with van der Waals surface area (Å²) in [6, 6.07) is 15.2. The summed E-state index contributed by atoms with van der Waals surface area (Å²) in [6.45, 7) is 2.00. The number of allylic oxidation sites excluding steroid dienone is 1. The highest BCUT2D eigenvalue weighted by atomic mass is 19.1. The van der Waals surface area contributed by atoms with Crippen molar-refractivity contribution in [1.29, 1.82) is 0 Å². The van der Waals surface area contributed by atoms with Crippen molar-refractivity contribution in [3.8, 4) is 11.5 Å². The number of halogens is 1. The molecular weight excluding hydrogens is 389 g/mol. The molecule has 3 aromatic carbocycles. The Hall–Kier alpha value is -4.00. The quantitative estimate of drug-likeness (QED) is 0.330. The maximum Gasteiger partial charge on any atom is 0.269 e. The Balaban J connectivity index is 1.52. The average Bonchev–Trinajstić information content (AvgIpc) is 3.04. The van der Waals surface area contributed by atoms with Gasteiger partial charge >= 0.3 is 0 Å². The number of nitro benzene ring substituents is 1. The van der Waals surface area contributed by atoms with Crippen molar-refractivity contribution >= 4 is 17.5 Å². The van der Waals surface area contributed by atoms with Crippen molar-refractivity contribution < 1.29 is 23.6 Å². The minimum atomic E-state index is -0.458. The van der Waals surface area contributed by atoms with Crippen LogP contribution >= 0.6 is 0 Å². The van der Waals surface area contributed by atoms with Crippen molar-refractivity contribution in [1.82, 2.24) is 0 Å². The van der Waals surface area contributed by atoms with E-state index < -0.39 is 4.92 Å². The number of ketones is 1. The number of fused-ring (bicyclic) bond motifs is 1. The van der Waals surface area contributed by atoms with Crippen LogP contribution in [0.4, 0.5) is 10.1 Å². The molecule has 0 N–H and O–H groups in total. The molecule has 0 fully saturated rings. The monoisotopic (exact) mass is 405 g/mol. The molecule has 150 valence electrons. The van der Waals surface area contributed by atoms with Gasteiger partial charge in [0, 0.05) is 18.2 Å². The van der Waals surface area contributed by atoms with Gasteiger partial charge in [-0.25, -0.2) is 4.39 Å². The summed E-state index contributed by atoms with van der Waals surface area (Å²) in [6.07, 6.45) is 1.57. The number of rotatable bonds is 5. The summed E-state index contributed by atoms with van der Waals surface area (Å²) in [5.74, 6) is 0.471. The minimum Gasteiger partial charge on any atom is -0.489 e. The van der Waals surface area contributed by atoms with E-state index in [2.05, 4.69) is 0 Å². The van der Waals surface area contributed by atoms with Crippen molar-refractivity contribution in [3.05, 3.63) is 105 Å². The maximum atomic E-state index is 13.1. The zero-order valence-electron chi connectivity index (χ0n) is 15.9. The van der Waals surface area contributed by atoms with Gasteiger partial charge in [0.05, 0.1) is 10.5 Å². The van der Waals surface area contributed by atoms with Crippen molar-refractivity contribution in [2.75, 3.05) is 0 Å². The Morgan fingerprint density at radius 1 is 1.10 bits per heavy atom. The van der Waals surface area contributed by atoms with E-state index in [9.17, 15) is 19.3 Å². The third kappa shape index (κ3) is 3.91. The van der Waals surface area contributed by atoms with Crippen LogP contribution in [0.1, 0.15) is 27.0 Å². The van der Waals surface area contributed by atoms with E-state index in [4.69, 9.17) is 9.47 Å². The predicted octanol–water partition coefficient (Wildman–Crippen LogP) is 5.24. The lowest BCUT2D eigenvalue weighted by atomic mass is 10.0. The summed E-state index contributed by atoms with van der Waals surface area (Å²) >= 11 is 0. The average molecular weight is 405 g/mol. The SMILES string of the molecule is Cc1cc(OCc2ccc([N+](=O)[O-])cc2)cc2c1C(=O)/C(=C/c1ccc(F)cc1)O2. The van der Waals surface area contributed by atoms with Gasteiger partial charge in [0.15, 0.2) is 5.76 Å². The first-order valence-electron chi connectivity index (χ1n) is 9.11. The molecule has 0 atom stereocenters. The highest BCUT2D eigenvalue weighted by Gasteiger charge is 2.30. The van der Waals surface area contributed by atoms with E-state index in [1.807, 2.05) is 0 Å². The molecule has 0 spiro atoms. The molecule has 0 aromatic heterocycles. The van der Waals surface area contributed by atoms with Crippen LogP contribution in [0.25, 0.3) is 6.08 Å². The Morgan fingerprint density at radius 3 is 2.47 bits per heavy atom. The number of ether oxygens (including phenoxy) is 2. The number of non-ortho nitro benzene ring substituents is 1. The van der Waals surface area contributed by atoms with Crippen LogP contribution in [0.5, 0.6) is 11.5 Å². The third-order valence-corrected chi connectivity index (χ3v) is 4.66. The van der Waals surface area contributed by atoms with Crippen LogP contribution in [0.15, 0.2) is 66.4 Å². The number of nitro groups is 1. The number of carbonyl (C=O) groups is 1. The fraction of sp³-hybridized carbons (Fsp3) is 0.0870. The number of Topliss-reactive ketones (excluding diaryl/α,β-unsaturated/α-hetero) is 1. The highest BCUT2D eigenvalue weighted by Crippen LogP contribution is 2.37. The number of hydrogen-bond donors (Lipinski definition) is 0. The highest BCUT2D eigenvalue weighted by molar-refractivity contribution is 6.15. The smallest absolute Gasteiger partial charge is 0.269 e. The Bertz CT molecular complexity index is 1170. The van der Waals surface area contributed by atoms with Gasteiger partial charge in [-0.05, 0) is 60.0 Å². The summed E-state index contributed by atoms with van der Waals surface area (Å²) in [4.78, 5) is 23.0. The molecule has 4 rings (SSSR count). The molecule has 0 radical (unpaired) electrons. The standard InChI is InChI=1S/C23H16FNO5/c1-14-10-19(29-13-16-4-8-18(9-5-16)25(27)28)12-20-22(14)23(26)21(30-20)11-15-2-6-17(24)7-3-15/h2-12H,13H2,1H3/b21-11-. The first kappa shape index (κ1) is 19.3. The third-order valence-electron chi connectivity index (χ3n) is 4.66. The van der Waals surface area contributed by atoms with E-state index >= 15 is 0 Å². The first-order valence-corrected chi connectivity index (χ1v) is 9.11. The Labute approximate surface area is 171 Å². The van der Waals surface area contributed by atoms with Crippen LogP contribution in [-0.4, -0.2) is 10.7 Å². The molecule has 0 bridgehead atoms. The molecule has 0 unspecified atom stereocenters. The van der Waals surface area contributed by atoms with Crippen LogP contribution in [0.2, 0.25) is 0 Å². The second-order valence-corrected chi connectivity index (χ2v) is 6.82. The van der Waals surface area contributed by atoms with E-state index in [-0.39, 0.29) is 29.7 Å². The van der Waals surface area contributed by atoms with Gasteiger partial charge in [0.1, 0.15) is 23.9 Å². The minimum absolute atomic E-state index is 0.0134. The molecule has 0 aliphatic carbocycles. The molecule has 1 heterocycles. The van der Waals surface area contributed by atoms with Crippen LogP contribution < -0.4 is 9.47 Å².